The zero-order chi connectivity index (χ0) is 18.1. The largest absolute Gasteiger partial charge is 0.496 e. The Bertz CT molecular complexity index is 964. The molecule has 1 aromatic carbocycles. The summed E-state index contributed by atoms with van der Waals surface area (Å²) in [4.78, 5) is 24.6. The molecule has 4 rings (SSSR count). The summed E-state index contributed by atoms with van der Waals surface area (Å²) in [6.07, 6.45) is 2.43. The molecule has 0 spiro atoms. The number of ether oxygens (including phenoxy) is 1. The van der Waals surface area contributed by atoms with Gasteiger partial charge in [0, 0.05) is 35.6 Å². The van der Waals surface area contributed by atoms with Crippen molar-refractivity contribution in [3.05, 3.63) is 65.2 Å². The normalized spacial score (nSPS) is 16.5. The number of aromatic nitrogens is 3. The smallest absolute Gasteiger partial charge is 0.271 e. The molecule has 6 nitrogen and oxygen atoms in total. The van der Waals surface area contributed by atoms with Crippen molar-refractivity contribution < 1.29 is 9.53 Å². The zero-order valence-electron chi connectivity index (χ0n) is 14.7. The van der Waals surface area contributed by atoms with E-state index in [1.54, 1.807) is 13.3 Å². The van der Waals surface area contributed by atoms with Gasteiger partial charge in [-0.05, 0) is 37.1 Å². The van der Waals surface area contributed by atoms with E-state index in [0.29, 0.717) is 24.5 Å². The van der Waals surface area contributed by atoms with E-state index in [4.69, 9.17) is 4.74 Å². The maximum atomic E-state index is 12.5. The fraction of sp³-hybridized carbons (Fsp3) is 0.250. The van der Waals surface area contributed by atoms with Crippen LogP contribution in [-0.2, 0) is 6.42 Å². The van der Waals surface area contributed by atoms with Crippen LogP contribution in [0.1, 0.15) is 33.4 Å². The Kier molecular flexibility index (Phi) is 4.16. The maximum absolute atomic E-state index is 12.5. The molecule has 3 heterocycles. The van der Waals surface area contributed by atoms with Crippen LogP contribution < -0.4 is 10.1 Å². The molecule has 0 fully saturated rings. The van der Waals surface area contributed by atoms with Crippen molar-refractivity contribution in [2.45, 2.75) is 19.3 Å². The van der Waals surface area contributed by atoms with E-state index in [-0.39, 0.29) is 11.8 Å². The fourth-order valence-electron chi connectivity index (χ4n) is 3.42. The minimum atomic E-state index is -0.148. The highest BCUT2D eigenvalue weighted by Gasteiger charge is 2.27. The number of aromatic amines is 1. The predicted molar refractivity (Wildman–Crippen MR) is 98.3 cm³/mol. The first kappa shape index (κ1) is 16.3. The van der Waals surface area contributed by atoms with Gasteiger partial charge in [0.05, 0.1) is 7.11 Å². The number of pyridine rings is 1. The summed E-state index contributed by atoms with van der Waals surface area (Å²) in [5, 5.41) is 2.99. The van der Waals surface area contributed by atoms with Gasteiger partial charge in [-0.2, -0.15) is 0 Å². The lowest BCUT2D eigenvalue weighted by molar-refractivity contribution is 0.0950. The Hall–Kier alpha value is -3.15. The maximum Gasteiger partial charge on any atom is 0.271 e. The Morgan fingerprint density at radius 1 is 1.23 bits per heavy atom. The van der Waals surface area contributed by atoms with E-state index >= 15 is 0 Å². The van der Waals surface area contributed by atoms with Gasteiger partial charge in [-0.3, -0.25) is 9.78 Å². The van der Waals surface area contributed by atoms with Gasteiger partial charge in [-0.25, -0.2) is 4.98 Å². The molecule has 2 aromatic heterocycles. The predicted octanol–water partition coefficient (Wildman–Crippen LogP) is 2.86. The third-order valence-corrected chi connectivity index (χ3v) is 4.70. The highest BCUT2D eigenvalue weighted by atomic mass is 16.5. The van der Waals surface area contributed by atoms with Crippen LogP contribution in [0.15, 0.2) is 42.6 Å². The standard InChI is InChI=1S/C20H20N4O2/c1-12-9-13(7-8-21-12)19-23-16-10-14(11-22-20(25)18(16)24-19)15-5-3-4-6-17(15)26-2/h3-9,14H,10-11H2,1-2H3,(H,22,25)(H,23,24)/t14-/m1/s1. The Morgan fingerprint density at radius 2 is 2.08 bits per heavy atom. The molecule has 26 heavy (non-hydrogen) atoms. The van der Waals surface area contributed by atoms with Crippen LogP contribution in [0, 0.1) is 6.92 Å². The van der Waals surface area contributed by atoms with Gasteiger partial charge in [0.2, 0.25) is 0 Å². The van der Waals surface area contributed by atoms with Gasteiger partial charge in [-0.15, -0.1) is 0 Å². The molecule has 6 heteroatoms. The molecule has 0 radical (unpaired) electrons. The molecule has 0 unspecified atom stereocenters. The molecule has 1 amide bonds. The van der Waals surface area contributed by atoms with E-state index in [1.807, 2.05) is 43.3 Å². The first-order valence-electron chi connectivity index (χ1n) is 8.58. The Labute approximate surface area is 151 Å². The van der Waals surface area contributed by atoms with Crippen molar-refractivity contribution in [1.29, 1.82) is 0 Å². The minimum Gasteiger partial charge on any atom is -0.496 e. The van der Waals surface area contributed by atoms with E-state index in [2.05, 4.69) is 20.3 Å². The van der Waals surface area contributed by atoms with Crippen molar-refractivity contribution in [2.75, 3.05) is 13.7 Å². The molecule has 2 N–H and O–H groups in total. The number of hydrogen-bond donors (Lipinski definition) is 2. The zero-order valence-corrected chi connectivity index (χ0v) is 14.7. The lowest BCUT2D eigenvalue weighted by Gasteiger charge is -2.17. The molecule has 1 aliphatic rings. The molecule has 1 atom stereocenters. The summed E-state index contributed by atoms with van der Waals surface area (Å²) in [5.74, 6) is 1.49. The van der Waals surface area contributed by atoms with Gasteiger partial charge < -0.3 is 15.0 Å². The molecule has 132 valence electrons. The van der Waals surface area contributed by atoms with Crippen molar-refractivity contribution in [2.24, 2.45) is 0 Å². The average molecular weight is 348 g/mol. The highest BCUT2D eigenvalue weighted by molar-refractivity contribution is 5.94. The highest BCUT2D eigenvalue weighted by Crippen LogP contribution is 2.31. The number of methoxy groups -OCH3 is 1. The number of fused-ring (bicyclic) bond motifs is 1. The van der Waals surface area contributed by atoms with Crippen molar-refractivity contribution in [1.82, 2.24) is 20.3 Å². The minimum absolute atomic E-state index is 0.115. The first-order valence-corrected chi connectivity index (χ1v) is 8.58. The second kappa shape index (κ2) is 6.63. The average Bonchev–Trinajstić information content (AvgIpc) is 3.02. The lowest BCUT2D eigenvalue weighted by atomic mass is 9.93. The third kappa shape index (κ3) is 2.94. The SMILES string of the molecule is COc1ccccc1[C@H]1CNC(=O)c2nc(-c3ccnc(C)c3)[nH]c2C1. The number of nitrogens with one attached hydrogen (secondary N) is 2. The summed E-state index contributed by atoms with van der Waals surface area (Å²) >= 11 is 0. The van der Waals surface area contributed by atoms with Gasteiger partial charge in [0.1, 0.15) is 17.3 Å². The van der Waals surface area contributed by atoms with Crippen molar-refractivity contribution in [3.8, 4) is 17.1 Å². The number of carbonyl (C=O) groups is 1. The van der Waals surface area contributed by atoms with E-state index in [0.717, 1.165) is 28.3 Å². The lowest BCUT2D eigenvalue weighted by Crippen LogP contribution is -2.26. The van der Waals surface area contributed by atoms with Crippen LogP contribution in [0.4, 0.5) is 0 Å². The first-order chi connectivity index (χ1) is 12.7. The Balaban J connectivity index is 1.72. The molecule has 1 aliphatic heterocycles. The number of benzene rings is 1. The van der Waals surface area contributed by atoms with Gasteiger partial charge in [0.15, 0.2) is 0 Å². The molecule has 3 aromatic rings. The van der Waals surface area contributed by atoms with E-state index in [9.17, 15) is 4.79 Å². The van der Waals surface area contributed by atoms with Crippen LogP contribution in [0.25, 0.3) is 11.4 Å². The van der Waals surface area contributed by atoms with Crippen molar-refractivity contribution in [3.63, 3.8) is 0 Å². The summed E-state index contributed by atoms with van der Waals surface area (Å²) in [5.41, 5.74) is 4.23. The quantitative estimate of drug-likeness (QED) is 0.763. The molecule has 0 aliphatic carbocycles. The topological polar surface area (TPSA) is 79.9 Å². The van der Waals surface area contributed by atoms with Gasteiger partial charge in [-0.1, -0.05) is 18.2 Å². The number of carbonyl (C=O) groups excluding carboxylic acids is 1. The van der Waals surface area contributed by atoms with Crippen LogP contribution in [-0.4, -0.2) is 34.5 Å². The summed E-state index contributed by atoms with van der Waals surface area (Å²) in [7, 11) is 1.67. The fourth-order valence-corrected chi connectivity index (χ4v) is 3.42. The van der Waals surface area contributed by atoms with Crippen LogP contribution in [0.5, 0.6) is 5.75 Å². The molecule has 0 saturated heterocycles. The number of rotatable bonds is 3. The van der Waals surface area contributed by atoms with Crippen LogP contribution in [0.3, 0.4) is 0 Å². The number of amides is 1. The summed E-state index contributed by atoms with van der Waals surface area (Å²) < 4.78 is 5.50. The number of H-pyrrole nitrogens is 1. The number of imidazole rings is 1. The Morgan fingerprint density at radius 3 is 2.88 bits per heavy atom. The number of nitrogens with zero attached hydrogens (tertiary/aromatic N) is 2. The van der Waals surface area contributed by atoms with E-state index < -0.39 is 0 Å². The molecular weight excluding hydrogens is 328 g/mol. The summed E-state index contributed by atoms with van der Waals surface area (Å²) in [6, 6.07) is 11.8. The van der Waals surface area contributed by atoms with Gasteiger partial charge >= 0.3 is 0 Å². The second-order valence-corrected chi connectivity index (χ2v) is 6.45. The number of hydrogen-bond acceptors (Lipinski definition) is 4. The summed E-state index contributed by atoms with van der Waals surface area (Å²) in [6.45, 7) is 2.48. The molecular formula is C20H20N4O2. The second-order valence-electron chi connectivity index (χ2n) is 6.45. The van der Waals surface area contributed by atoms with Crippen LogP contribution >= 0.6 is 0 Å². The number of para-hydroxylation sites is 1. The van der Waals surface area contributed by atoms with Crippen LogP contribution in [0.2, 0.25) is 0 Å². The monoisotopic (exact) mass is 348 g/mol. The van der Waals surface area contributed by atoms with Gasteiger partial charge in [0.25, 0.3) is 5.91 Å². The van der Waals surface area contributed by atoms with Crippen molar-refractivity contribution >= 4 is 5.91 Å². The third-order valence-electron chi connectivity index (χ3n) is 4.70. The number of aryl methyl sites for hydroxylation is 1. The molecule has 0 bridgehead atoms. The molecule has 0 saturated carbocycles. The van der Waals surface area contributed by atoms with E-state index in [1.165, 1.54) is 0 Å².